The van der Waals surface area contributed by atoms with Gasteiger partial charge in [-0.15, -0.1) is 0 Å². The molecule has 4 nitrogen and oxygen atoms in total. The van der Waals surface area contributed by atoms with Crippen LogP contribution in [-0.4, -0.2) is 17.5 Å². The molecule has 0 bridgehead atoms. The molecule has 0 aromatic heterocycles. The lowest BCUT2D eigenvalue weighted by atomic mass is 10.2. The zero-order valence-electron chi connectivity index (χ0n) is 9.91. The highest BCUT2D eigenvalue weighted by Crippen LogP contribution is 2.10. The van der Waals surface area contributed by atoms with Gasteiger partial charge in [0.15, 0.2) is 0 Å². The Bertz CT molecular complexity index is 420. The number of nitrogens with one attached hydrogen (secondary N) is 1. The summed E-state index contributed by atoms with van der Waals surface area (Å²) in [6, 6.07) is 5.09. The molecule has 92 valence electrons. The summed E-state index contributed by atoms with van der Waals surface area (Å²) in [6.07, 6.45) is 0. The largest absolute Gasteiger partial charge is 0.453 e. The van der Waals surface area contributed by atoms with Crippen LogP contribution in [0.15, 0.2) is 24.3 Å². The van der Waals surface area contributed by atoms with Crippen molar-refractivity contribution in [1.29, 1.82) is 0 Å². The molecule has 17 heavy (non-hydrogen) atoms. The van der Waals surface area contributed by atoms with Crippen molar-refractivity contribution in [1.82, 2.24) is 0 Å². The molecule has 0 radical (unpaired) electrons. The molecule has 1 rings (SSSR count). The lowest BCUT2D eigenvalue weighted by molar-refractivity contribution is -0.161. The molecule has 0 saturated carbocycles. The van der Waals surface area contributed by atoms with Crippen LogP contribution < -0.4 is 5.32 Å². The Hall–Kier alpha value is -1.91. The molecule has 0 atom stereocenters. The van der Waals surface area contributed by atoms with Crippen LogP contribution in [0, 0.1) is 5.82 Å². The van der Waals surface area contributed by atoms with Gasteiger partial charge in [-0.1, -0.05) is 0 Å². The number of hydrogen-bond donors (Lipinski definition) is 1. The molecule has 0 aliphatic rings. The van der Waals surface area contributed by atoms with E-state index in [1.807, 2.05) is 0 Å². The van der Waals surface area contributed by atoms with E-state index in [2.05, 4.69) is 5.32 Å². The number of halogens is 1. The minimum absolute atomic E-state index is 0.335. The Labute approximate surface area is 98.8 Å². The van der Waals surface area contributed by atoms with Gasteiger partial charge in [-0.2, -0.15) is 0 Å². The lowest BCUT2D eigenvalue weighted by Crippen LogP contribution is -2.32. The standard InChI is InChI=1S/C12H14FNO3/c1-12(2,3)17-11(16)10(15)14-9-6-4-8(13)5-7-9/h4-7H,1-3H3,(H,14,15). The minimum Gasteiger partial charge on any atom is -0.453 e. The molecule has 1 aromatic carbocycles. The molecule has 0 saturated heterocycles. The average Bonchev–Trinajstić information content (AvgIpc) is 2.19. The van der Waals surface area contributed by atoms with Crippen LogP contribution in [0.4, 0.5) is 10.1 Å². The maximum Gasteiger partial charge on any atom is 0.397 e. The maximum absolute atomic E-state index is 12.6. The zero-order valence-corrected chi connectivity index (χ0v) is 9.91. The molecule has 0 heterocycles. The maximum atomic E-state index is 12.6. The molecule has 5 heteroatoms. The van der Waals surface area contributed by atoms with Crippen LogP contribution in [0.5, 0.6) is 0 Å². The highest BCUT2D eigenvalue weighted by molar-refractivity contribution is 6.37. The molecular formula is C12H14FNO3. The second-order valence-corrected chi connectivity index (χ2v) is 4.46. The predicted octanol–water partition coefficient (Wildman–Crippen LogP) is 2.11. The van der Waals surface area contributed by atoms with Crippen LogP contribution >= 0.6 is 0 Å². The highest BCUT2D eigenvalue weighted by atomic mass is 19.1. The van der Waals surface area contributed by atoms with Gasteiger partial charge in [-0.3, -0.25) is 4.79 Å². The minimum atomic E-state index is -0.971. The first-order valence-corrected chi connectivity index (χ1v) is 5.08. The summed E-state index contributed by atoms with van der Waals surface area (Å²) in [5, 5.41) is 2.31. The third kappa shape index (κ3) is 4.63. The fraction of sp³-hybridized carbons (Fsp3) is 0.333. The fourth-order valence-electron chi connectivity index (χ4n) is 1.04. The number of anilines is 1. The first kappa shape index (κ1) is 13.2. The van der Waals surface area contributed by atoms with Crippen molar-refractivity contribution < 1.29 is 18.7 Å². The quantitative estimate of drug-likeness (QED) is 0.603. The van der Waals surface area contributed by atoms with Gasteiger partial charge in [0.05, 0.1) is 0 Å². The summed E-state index contributed by atoms with van der Waals surface area (Å²) in [6.45, 7) is 4.99. The van der Waals surface area contributed by atoms with E-state index in [-0.39, 0.29) is 0 Å². The van der Waals surface area contributed by atoms with Crippen LogP contribution in [-0.2, 0) is 14.3 Å². The van der Waals surface area contributed by atoms with Gasteiger partial charge in [-0.25, -0.2) is 9.18 Å². The van der Waals surface area contributed by atoms with Gasteiger partial charge in [0.1, 0.15) is 11.4 Å². The van der Waals surface area contributed by atoms with Gasteiger partial charge < -0.3 is 10.1 Å². The Kier molecular flexibility index (Phi) is 3.83. The van der Waals surface area contributed by atoms with Crippen molar-refractivity contribution in [3.05, 3.63) is 30.1 Å². The highest BCUT2D eigenvalue weighted by Gasteiger charge is 2.22. The first-order valence-electron chi connectivity index (χ1n) is 5.08. The number of benzene rings is 1. The Morgan fingerprint density at radius 3 is 2.18 bits per heavy atom. The van der Waals surface area contributed by atoms with Crippen molar-refractivity contribution >= 4 is 17.6 Å². The summed E-state index contributed by atoms with van der Waals surface area (Å²) >= 11 is 0. The smallest absolute Gasteiger partial charge is 0.397 e. The van der Waals surface area contributed by atoms with Crippen molar-refractivity contribution in [2.75, 3.05) is 5.32 Å². The molecule has 1 amide bonds. The molecule has 0 spiro atoms. The van der Waals surface area contributed by atoms with Gasteiger partial charge in [0.2, 0.25) is 0 Å². The molecule has 0 aliphatic heterocycles. The Morgan fingerprint density at radius 1 is 1.18 bits per heavy atom. The van der Waals surface area contributed by atoms with E-state index in [1.54, 1.807) is 20.8 Å². The van der Waals surface area contributed by atoms with Crippen LogP contribution in [0.25, 0.3) is 0 Å². The summed E-state index contributed by atoms with van der Waals surface area (Å²) in [7, 11) is 0. The average molecular weight is 239 g/mol. The second-order valence-electron chi connectivity index (χ2n) is 4.46. The summed E-state index contributed by atoms with van der Waals surface area (Å²) < 4.78 is 17.5. The van der Waals surface area contributed by atoms with Gasteiger partial charge in [0, 0.05) is 5.69 Å². The number of hydrogen-bond acceptors (Lipinski definition) is 3. The molecule has 0 aliphatic carbocycles. The number of carbonyl (C=O) groups excluding carboxylic acids is 2. The lowest BCUT2D eigenvalue weighted by Gasteiger charge is -2.18. The van der Waals surface area contributed by atoms with E-state index >= 15 is 0 Å². The van der Waals surface area contributed by atoms with Crippen molar-refractivity contribution in [3.8, 4) is 0 Å². The number of rotatable bonds is 1. The topological polar surface area (TPSA) is 55.4 Å². The molecule has 1 aromatic rings. The zero-order chi connectivity index (χ0) is 13.1. The number of carbonyl (C=O) groups is 2. The van der Waals surface area contributed by atoms with Gasteiger partial charge >= 0.3 is 11.9 Å². The van der Waals surface area contributed by atoms with Crippen molar-refractivity contribution in [2.24, 2.45) is 0 Å². The van der Waals surface area contributed by atoms with Crippen LogP contribution in [0.3, 0.4) is 0 Å². The third-order valence-corrected chi connectivity index (χ3v) is 1.69. The van der Waals surface area contributed by atoms with Crippen molar-refractivity contribution in [2.45, 2.75) is 26.4 Å². The second kappa shape index (κ2) is 4.95. The number of ether oxygens (including phenoxy) is 1. The van der Waals surface area contributed by atoms with Crippen molar-refractivity contribution in [3.63, 3.8) is 0 Å². The monoisotopic (exact) mass is 239 g/mol. The first-order chi connectivity index (χ1) is 7.78. The predicted molar refractivity (Wildman–Crippen MR) is 60.9 cm³/mol. The van der Waals surface area contributed by atoms with E-state index in [9.17, 15) is 14.0 Å². The van der Waals surface area contributed by atoms with Crippen LogP contribution in [0.2, 0.25) is 0 Å². The van der Waals surface area contributed by atoms with Crippen LogP contribution in [0.1, 0.15) is 20.8 Å². The summed E-state index contributed by atoms with van der Waals surface area (Å²) in [5.74, 6) is -2.27. The van der Waals surface area contributed by atoms with E-state index in [4.69, 9.17) is 4.74 Å². The Balaban J connectivity index is 2.60. The van der Waals surface area contributed by atoms with E-state index < -0.39 is 23.3 Å². The third-order valence-electron chi connectivity index (χ3n) is 1.69. The molecule has 1 N–H and O–H groups in total. The van der Waals surface area contributed by atoms with Gasteiger partial charge in [-0.05, 0) is 45.0 Å². The fourth-order valence-corrected chi connectivity index (χ4v) is 1.04. The van der Waals surface area contributed by atoms with Gasteiger partial charge in [0.25, 0.3) is 0 Å². The number of amides is 1. The van der Waals surface area contributed by atoms with E-state index in [0.717, 1.165) is 0 Å². The summed E-state index contributed by atoms with van der Waals surface area (Å²) in [5.41, 5.74) is -0.390. The van der Waals surface area contributed by atoms with E-state index in [0.29, 0.717) is 5.69 Å². The molecule has 0 unspecified atom stereocenters. The number of esters is 1. The molecule has 0 fully saturated rings. The SMILES string of the molecule is CC(C)(C)OC(=O)C(=O)Nc1ccc(F)cc1. The Morgan fingerprint density at radius 2 is 1.71 bits per heavy atom. The summed E-state index contributed by atoms with van der Waals surface area (Å²) in [4.78, 5) is 22.7. The van der Waals surface area contributed by atoms with E-state index in [1.165, 1.54) is 24.3 Å². The molecular weight excluding hydrogens is 225 g/mol. The normalized spacial score (nSPS) is 10.8.